The minimum absolute atomic E-state index is 0.204. The summed E-state index contributed by atoms with van der Waals surface area (Å²) >= 11 is 0. The van der Waals surface area contributed by atoms with E-state index in [1.54, 1.807) is 11.2 Å². The SMILES string of the molecule is O=C(OCC(=O)N1CCOCC1)c1c2c(nc3ccccc13)/C(=C/c1ccco1)CC2. The van der Waals surface area contributed by atoms with Crippen LogP contribution in [-0.2, 0) is 20.7 Å². The molecule has 0 N–H and O–H groups in total. The van der Waals surface area contributed by atoms with E-state index in [1.165, 1.54) is 0 Å². The summed E-state index contributed by atoms with van der Waals surface area (Å²) in [5.74, 6) is 0.0545. The number of amides is 1. The highest BCUT2D eigenvalue weighted by atomic mass is 16.5. The van der Waals surface area contributed by atoms with Crippen LogP contribution in [0.4, 0.5) is 0 Å². The van der Waals surface area contributed by atoms with Gasteiger partial charge in [0.2, 0.25) is 0 Å². The molecule has 0 radical (unpaired) electrons. The number of para-hydroxylation sites is 1. The molecule has 0 atom stereocenters. The summed E-state index contributed by atoms with van der Waals surface area (Å²) < 4.78 is 16.2. The van der Waals surface area contributed by atoms with Crippen molar-refractivity contribution in [2.24, 2.45) is 0 Å². The van der Waals surface area contributed by atoms with Crippen LogP contribution >= 0.6 is 0 Å². The molecule has 1 aromatic carbocycles. The fourth-order valence-corrected chi connectivity index (χ4v) is 4.16. The van der Waals surface area contributed by atoms with Crippen molar-refractivity contribution in [1.82, 2.24) is 9.88 Å². The van der Waals surface area contributed by atoms with Gasteiger partial charge in [-0.25, -0.2) is 9.78 Å². The largest absolute Gasteiger partial charge is 0.465 e. The lowest BCUT2D eigenvalue weighted by Crippen LogP contribution is -2.42. The molecule has 0 unspecified atom stereocenters. The Morgan fingerprint density at radius 1 is 1.10 bits per heavy atom. The Morgan fingerprint density at radius 3 is 2.74 bits per heavy atom. The molecule has 1 aliphatic carbocycles. The number of esters is 1. The number of nitrogens with zero attached hydrogens (tertiary/aromatic N) is 2. The van der Waals surface area contributed by atoms with Gasteiger partial charge in [0, 0.05) is 18.5 Å². The molecule has 1 saturated heterocycles. The lowest BCUT2D eigenvalue weighted by molar-refractivity contribution is -0.138. The van der Waals surface area contributed by atoms with E-state index in [2.05, 4.69) is 0 Å². The van der Waals surface area contributed by atoms with E-state index in [4.69, 9.17) is 18.9 Å². The molecule has 31 heavy (non-hydrogen) atoms. The Balaban J connectivity index is 1.46. The Bertz CT molecular complexity index is 1160. The molecule has 7 nitrogen and oxygen atoms in total. The van der Waals surface area contributed by atoms with Crippen molar-refractivity contribution in [3.8, 4) is 0 Å². The van der Waals surface area contributed by atoms with E-state index in [9.17, 15) is 9.59 Å². The highest BCUT2D eigenvalue weighted by Gasteiger charge is 2.28. The number of rotatable bonds is 4. The molecule has 1 fully saturated rings. The summed E-state index contributed by atoms with van der Waals surface area (Å²) in [6.07, 6.45) is 5.03. The van der Waals surface area contributed by atoms with Crippen molar-refractivity contribution >= 4 is 34.4 Å². The van der Waals surface area contributed by atoms with Crippen LogP contribution in [0.2, 0.25) is 0 Å². The minimum atomic E-state index is -0.490. The lowest BCUT2D eigenvalue weighted by Gasteiger charge is -2.26. The fraction of sp³-hybridized carbons (Fsp3) is 0.292. The van der Waals surface area contributed by atoms with E-state index < -0.39 is 5.97 Å². The summed E-state index contributed by atoms with van der Waals surface area (Å²) in [4.78, 5) is 32.1. The average Bonchev–Trinajstić information content (AvgIpc) is 3.47. The quantitative estimate of drug-likeness (QED) is 0.605. The molecule has 2 aromatic heterocycles. The van der Waals surface area contributed by atoms with Crippen LogP contribution in [0.25, 0.3) is 22.6 Å². The number of benzene rings is 1. The highest BCUT2D eigenvalue weighted by Crippen LogP contribution is 2.37. The van der Waals surface area contributed by atoms with Crippen molar-refractivity contribution < 1.29 is 23.5 Å². The number of aromatic nitrogens is 1. The smallest absolute Gasteiger partial charge is 0.339 e. The first-order chi connectivity index (χ1) is 15.2. The van der Waals surface area contributed by atoms with Gasteiger partial charge in [-0.1, -0.05) is 18.2 Å². The molecule has 1 aliphatic heterocycles. The van der Waals surface area contributed by atoms with E-state index in [1.807, 2.05) is 42.5 Å². The van der Waals surface area contributed by atoms with Crippen molar-refractivity contribution in [2.45, 2.75) is 12.8 Å². The van der Waals surface area contributed by atoms with E-state index in [-0.39, 0.29) is 12.5 Å². The van der Waals surface area contributed by atoms with Crippen molar-refractivity contribution in [3.63, 3.8) is 0 Å². The minimum Gasteiger partial charge on any atom is -0.465 e. The molecular formula is C24H22N2O5. The van der Waals surface area contributed by atoms with Gasteiger partial charge in [-0.3, -0.25) is 4.79 Å². The Labute approximate surface area is 179 Å². The molecule has 0 saturated carbocycles. The second-order valence-electron chi connectivity index (χ2n) is 7.59. The molecule has 7 heteroatoms. The number of fused-ring (bicyclic) bond motifs is 2. The van der Waals surface area contributed by atoms with Gasteiger partial charge in [-0.05, 0) is 48.3 Å². The maximum atomic E-state index is 13.1. The van der Waals surface area contributed by atoms with E-state index in [0.717, 1.165) is 39.9 Å². The van der Waals surface area contributed by atoms with Crippen LogP contribution in [0.1, 0.15) is 33.8 Å². The number of ether oxygens (including phenoxy) is 2. The summed E-state index contributed by atoms with van der Waals surface area (Å²) in [6, 6.07) is 11.2. The first kappa shape index (κ1) is 19.5. The number of pyridine rings is 1. The fourth-order valence-electron chi connectivity index (χ4n) is 4.16. The molecule has 3 aromatic rings. The molecule has 5 rings (SSSR count). The van der Waals surface area contributed by atoms with Crippen molar-refractivity contribution in [2.75, 3.05) is 32.9 Å². The Morgan fingerprint density at radius 2 is 1.94 bits per heavy atom. The van der Waals surface area contributed by atoms with Gasteiger partial charge in [-0.15, -0.1) is 0 Å². The maximum absolute atomic E-state index is 13.1. The summed E-state index contributed by atoms with van der Waals surface area (Å²) in [6.45, 7) is 1.77. The Kier molecular flexibility index (Phi) is 5.26. The predicted octanol–water partition coefficient (Wildman–Crippen LogP) is 3.33. The highest BCUT2D eigenvalue weighted by molar-refractivity contribution is 6.07. The zero-order chi connectivity index (χ0) is 21.2. The van der Waals surface area contributed by atoms with Gasteiger partial charge < -0.3 is 18.8 Å². The van der Waals surface area contributed by atoms with E-state index in [0.29, 0.717) is 38.3 Å². The van der Waals surface area contributed by atoms with Gasteiger partial charge in [0.05, 0.1) is 36.3 Å². The number of carbonyl (C=O) groups excluding carboxylic acids is 2. The number of carbonyl (C=O) groups is 2. The Hall–Kier alpha value is -3.45. The first-order valence-electron chi connectivity index (χ1n) is 10.4. The monoisotopic (exact) mass is 418 g/mol. The second kappa shape index (κ2) is 8.35. The molecule has 1 amide bonds. The molecule has 158 valence electrons. The third-order valence-corrected chi connectivity index (χ3v) is 5.70. The lowest BCUT2D eigenvalue weighted by atomic mass is 10.0. The van der Waals surface area contributed by atoms with Crippen LogP contribution in [0.3, 0.4) is 0 Å². The standard InChI is InChI=1S/C24H22N2O5/c27-21(26-9-12-29-13-10-26)15-31-24(28)22-18-5-1-2-6-20(18)25-23-16(7-8-19(22)23)14-17-4-3-11-30-17/h1-6,11,14H,7-10,12-13,15H2/b16-14+. The zero-order valence-electron chi connectivity index (χ0n) is 17.0. The second-order valence-corrected chi connectivity index (χ2v) is 7.59. The third-order valence-electron chi connectivity index (χ3n) is 5.70. The van der Waals surface area contributed by atoms with Gasteiger partial charge in [0.1, 0.15) is 5.76 Å². The van der Waals surface area contributed by atoms with Crippen molar-refractivity contribution in [1.29, 1.82) is 0 Å². The summed E-state index contributed by atoms with van der Waals surface area (Å²) in [5.41, 5.74) is 3.90. The van der Waals surface area contributed by atoms with Gasteiger partial charge in [-0.2, -0.15) is 0 Å². The maximum Gasteiger partial charge on any atom is 0.339 e. The first-order valence-corrected chi connectivity index (χ1v) is 10.4. The number of furan rings is 1. The number of allylic oxidation sites excluding steroid dienone is 1. The van der Waals surface area contributed by atoms with Gasteiger partial charge >= 0.3 is 5.97 Å². The zero-order valence-corrected chi connectivity index (χ0v) is 17.0. The van der Waals surface area contributed by atoms with Crippen molar-refractivity contribution in [3.05, 3.63) is 65.2 Å². The van der Waals surface area contributed by atoms with E-state index >= 15 is 0 Å². The molecule has 2 aliphatic rings. The van der Waals surface area contributed by atoms with Crippen LogP contribution in [0.15, 0.2) is 47.1 Å². The van der Waals surface area contributed by atoms with Crippen LogP contribution < -0.4 is 0 Å². The number of hydrogen-bond acceptors (Lipinski definition) is 6. The molecule has 0 spiro atoms. The van der Waals surface area contributed by atoms with Gasteiger partial charge in [0.25, 0.3) is 5.91 Å². The predicted molar refractivity (Wildman–Crippen MR) is 114 cm³/mol. The summed E-state index contributed by atoms with van der Waals surface area (Å²) in [7, 11) is 0. The molecular weight excluding hydrogens is 396 g/mol. The molecule has 0 bridgehead atoms. The van der Waals surface area contributed by atoms with Crippen LogP contribution in [-0.4, -0.2) is 54.7 Å². The van der Waals surface area contributed by atoms with Gasteiger partial charge in [0.15, 0.2) is 6.61 Å². The molecule has 3 heterocycles. The normalized spacial score (nSPS) is 17.2. The third kappa shape index (κ3) is 3.84. The van der Waals surface area contributed by atoms with Crippen LogP contribution in [0, 0.1) is 0 Å². The van der Waals surface area contributed by atoms with Crippen LogP contribution in [0.5, 0.6) is 0 Å². The number of hydrogen-bond donors (Lipinski definition) is 0. The number of morpholine rings is 1. The summed E-state index contributed by atoms with van der Waals surface area (Å²) in [5, 5.41) is 0.740. The topological polar surface area (TPSA) is 81.9 Å². The average molecular weight is 418 g/mol.